The first-order valence-corrected chi connectivity index (χ1v) is 21.0. The Morgan fingerprint density at radius 2 is 0.720 bits per heavy atom. The third-order valence-corrected chi connectivity index (χ3v) is 18.6. The van der Waals surface area contributed by atoms with Gasteiger partial charge in [-0.2, -0.15) is 0 Å². The molecule has 0 N–H and O–H groups in total. The van der Waals surface area contributed by atoms with E-state index in [-0.39, 0.29) is 0 Å². The second-order valence-electron chi connectivity index (χ2n) is 21.1. The summed E-state index contributed by atoms with van der Waals surface area (Å²) < 4.78 is 0. The quantitative estimate of drug-likeness (QED) is 0.264. The van der Waals surface area contributed by atoms with E-state index in [1.807, 2.05) is 12.2 Å². The molecule has 0 saturated heterocycles. The predicted octanol–water partition coefficient (Wildman–Crippen LogP) is 13.2. The summed E-state index contributed by atoms with van der Waals surface area (Å²) in [5.74, 6) is 5.67. The molecular formula is C50H60. The molecule has 0 spiro atoms. The molecule has 2 aromatic rings. The fraction of sp³-hybridized carbons (Fsp3) is 0.600. The van der Waals surface area contributed by atoms with Crippen molar-refractivity contribution in [1.29, 1.82) is 0 Å². The lowest BCUT2D eigenvalue weighted by atomic mass is 9.26. The van der Waals surface area contributed by atoms with E-state index < -0.39 is 0 Å². The first-order chi connectivity index (χ1) is 24.2. The molecule has 4 atom stereocenters. The van der Waals surface area contributed by atoms with Crippen LogP contribution in [0.2, 0.25) is 0 Å². The van der Waals surface area contributed by atoms with Gasteiger partial charge in [-0.15, -0.1) is 0 Å². The molecule has 12 saturated carbocycles. The van der Waals surface area contributed by atoms with Crippen molar-refractivity contribution in [2.45, 2.75) is 126 Å². The smallest absolute Gasteiger partial charge is 0.00303 e. The van der Waals surface area contributed by atoms with E-state index >= 15 is 0 Å². The highest BCUT2D eigenvalue weighted by Gasteiger charge is 2.74. The number of benzene rings is 2. The van der Waals surface area contributed by atoms with Crippen molar-refractivity contribution in [3.63, 3.8) is 0 Å². The van der Waals surface area contributed by atoms with E-state index in [1.54, 1.807) is 75.3 Å². The summed E-state index contributed by atoms with van der Waals surface area (Å²) in [6, 6.07) is 14.6. The molecule has 50 heavy (non-hydrogen) atoms. The van der Waals surface area contributed by atoms with Gasteiger partial charge in [0.15, 0.2) is 0 Å². The fourth-order valence-corrected chi connectivity index (χ4v) is 18.6. The van der Waals surface area contributed by atoms with Crippen molar-refractivity contribution in [3.8, 4) is 0 Å². The second kappa shape index (κ2) is 10.1. The zero-order chi connectivity index (χ0) is 33.7. The van der Waals surface area contributed by atoms with Gasteiger partial charge >= 0.3 is 0 Å². The maximum atomic E-state index is 4.37. The van der Waals surface area contributed by atoms with Crippen molar-refractivity contribution in [2.24, 2.45) is 57.2 Å². The minimum Gasteiger partial charge on any atom is -0.0985 e. The van der Waals surface area contributed by atoms with E-state index in [0.717, 1.165) is 35.5 Å². The van der Waals surface area contributed by atoms with Crippen molar-refractivity contribution >= 4 is 24.3 Å². The van der Waals surface area contributed by atoms with Crippen molar-refractivity contribution in [3.05, 3.63) is 96.1 Å². The molecule has 0 aliphatic heterocycles. The monoisotopic (exact) mass is 660 g/mol. The molecule has 0 heteroatoms. The van der Waals surface area contributed by atoms with Crippen LogP contribution in [-0.4, -0.2) is 0 Å². The molecule has 12 bridgehead atoms. The van der Waals surface area contributed by atoms with Crippen LogP contribution in [0.25, 0.3) is 24.3 Å². The molecule has 14 rings (SSSR count). The summed E-state index contributed by atoms with van der Waals surface area (Å²) >= 11 is 0. The molecule has 0 radical (unpaired) electrons. The first-order valence-electron chi connectivity index (χ1n) is 21.0. The van der Waals surface area contributed by atoms with Gasteiger partial charge in [-0.05, 0) is 229 Å². The molecule has 12 aliphatic carbocycles. The van der Waals surface area contributed by atoms with Gasteiger partial charge in [0, 0.05) is 0 Å². The van der Waals surface area contributed by atoms with Crippen LogP contribution in [0.5, 0.6) is 0 Å². The minimum absolute atomic E-state index is 0.354. The van der Waals surface area contributed by atoms with E-state index in [0.29, 0.717) is 32.5 Å². The van der Waals surface area contributed by atoms with E-state index in [1.165, 1.54) is 73.6 Å². The standard InChI is InChI=1S/C50H60/c1-5-33-9-11-43(41(7-3)16-33)45-18-35-13-36(19-45)23-47(22-35,30-45)49-26-39-15-40(27-49)29-50(28-39,32-49)48-24-37-14-38(25-48)21-46(20-37,31-48)44-12-10-34(6-2)17-42(44)8-4/h5-12,16-17,35-40H,1-4,13-15,18-32H2. The average Bonchev–Trinajstić information content (AvgIpc) is 3.09. The molecule has 12 aliphatic rings. The van der Waals surface area contributed by atoms with E-state index in [9.17, 15) is 0 Å². The van der Waals surface area contributed by atoms with Crippen LogP contribution in [0, 0.1) is 57.2 Å². The van der Waals surface area contributed by atoms with Crippen LogP contribution in [-0.2, 0) is 10.8 Å². The molecule has 12 fully saturated rings. The largest absolute Gasteiger partial charge is 0.0985 e. The van der Waals surface area contributed by atoms with Crippen LogP contribution >= 0.6 is 0 Å². The molecular weight excluding hydrogens is 601 g/mol. The van der Waals surface area contributed by atoms with Crippen LogP contribution in [0.4, 0.5) is 0 Å². The number of hydrogen-bond acceptors (Lipinski definition) is 0. The summed E-state index contributed by atoms with van der Waals surface area (Å²) in [7, 11) is 0. The normalized spacial score (nSPS) is 48.6. The molecule has 0 aromatic heterocycles. The van der Waals surface area contributed by atoms with Crippen molar-refractivity contribution in [2.75, 3.05) is 0 Å². The van der Waals surface area contributed by atoms with Gasteiger partial charge in [0.25, 0.3) is 0 Å². The molecule has 4 unspecified atom stereocenters. The zero-order valence-electron chi connectivity index (χ0n) is 30.8. The Morgan fingerprint density at radius 1 is 0.400 bits per heavy atom. The van der Waals surface area contributed by atoms with Gasteiger partial charge in [0.2, 0.25) is 0 Å². The van der Waals surface area contributed by atoms with Crippen LogP contribution < -0.4 is 0 Å². The van der Waals surface area contributed by atoms with Gasteiger partial charge in [-0.25, -0.2) is 0 Å². The molecule has 0 amide bonds. The number of hydrogen-bond donors (Lipinski definition) is 0. The summed E-state index contributed by atoms with van der Waals surface area (Å²) in [6.07, 6.45) is 35.7. The average molecular weight is 661 g/mol. The summed E-state index contributed by atoms with van der Waals surface area (Å²) in [5.41, 5.74) is 11.6. The Hall–Kier alpha value is -2.60. The second-order valence-corrected chi connectivity index (χ2v) is 21.1. The molecule has 2 aromatic carbocycles. The third kappa shape index (κ3) is 3.90. The maximum absolute atomic E-state index is 4.37. The predicted molar refractivity (Wildman–Crippen MR) is 210 cm³/mol. The van der Waals surface area contributed by atoms with Gasteiger partial charge < -0.3 is 0 Å². The molecule has 260 valence electrons. The van der Waals surface area contributed by atoms with E-state index in [2.05, 4.69) is 74.9 Å². The lowest BCUT2D eigenvalue weighted by Crippen LogP contribution is -2.69. The van der Waals surface area contributed by atoms with Gasteiger partial charge in [0.1, 0.15) is 0 Å². The number of rotatable bonds is 8. The minimum atomic E-state index is 0.354. The van der Waals surface area contributed by atoms with Gasteiger partial charge in [-0.3, -0.25) is 0 Å². The lowest BCUT2D eigenvalue weighted by Gasteiger charge is -2.78. The maximum Gasteiger partial charge on any atom is -0.00303 e. The van der Waals surface area contributed by atoms with Crippen LogP contribution in [0.1, 0.15) is 149 Å². The third-order valence-electron chi connectivity index (χ3n) is 18.6. The first kappa shape index (κ1) is 31.0. The van der Waals surface area contributed by atoms with Crippen LogP contribution in [0.15, 0.2) is 62.7 Å². The molecule has 0 heterocycles. The topological polar surface area (TPSA) is 0 Å². The van der Waals surface area contributed by atoms with E-state index in [4.69, 9.17) is 0 Å². The van der Waals surface area contributed by atoms with Crippen molar-refractivity contribution in [1.82, 2.24) is 0 Å². The Balaban J connectivity index is 1.01. The molecule has 0 nitrogen and oxygen atoms in total. The summed E-state index contributed by atoms with van der Waals surface area (Å²) in [5, 5.41) is 0. The fourth-order valence-electron chi connectivity index (χ4n) is 18.6. The Morgan fingerprint density at radius 3 is 1.04 bits per heavy atom. The van der Waals surface area contributed by atoms with Gasteiger partial charge in [-0.1, -0.05) is 74.9 Å². The Labute approximate surface area is 303 Å². The highest BCUT2D eigenvalue weighted by atomic mass is 14.8. The highest BCUT2D eigenvalue weighted by molar-refractivity contribution is 5.62. The zero-order valence-corrected chi connectivity index (χ0v) is 30.8. The summed E-state index contributed by atoms with van der Waals surface area (Å²) in [6.45, 7) is 17.0. The Bertz CT molecular complexity index is 1660. The summed E-state index contributed by atoms with van der Waals surface area (Å²) in [4.78, 5) is 0. The van der Waals surface area contributed by atoms with Gasteiger partial charge in [0.05, 0.1) is 0 Å². The van der Waals surface area contributed by atoms with Crippen LogP contribution in [0.3, 0.4) is 0 Å². The SMILES string of the molecule is C=Cc1ccc(C23CC4CC(C2)CC(C25CC6CC(C2)CC(C27CC8CC(CC(c9ccc(C=C)cc9C=C)(C8)C2)C7)(C6)C5)(C4)C3)c(C=C)c1. The highest BCUT2D eigenvalue weighted by Crippen LogP contribution is 2.84. The Kier molecular flexibility index (Phi) is 6.24. The lowest BCUT2D eigenvalue weighted by molar-refractivity contribution is -0.272. The van der Waals surface area contributed by atoms with Crippen molar-refractivity contribution < 1.29 is 0 Å².